The average Bonchev–Trinajstić information content (AvgIpc) is 2.94. The Kier molecular flexibility index (Phi) is 4.34. The van der Waals surface area contributed by atoms with Crippen LogP contribution in [0.15, 0.2) is 47.1 Å². The van der Waals surface area contributed by atoms with Gasteiger partial charge >= 0.3 is 0 Å². The maximum atomic E-state index is 12.6. The van der Waals surface area contributed by atoms with Crippen LogP contribution in [0.25, 0.3) is 5.65 Å². The minimum Gasteiger partial charge on any atom is -0.399 e. The zero-order valence-electron chi connectivity index (χ0n) is 12.7. The van der Waals surface area contributed by atoms with E-state index < -0.39 is 0 Å². The van der Waals surface area contributed by atoms with Crippen LogP contribution >= 0.6 is 15.9 Å². The molecule has 2 aromatic heterocycles. The SMILES string of the molecule is CCc1nc2c(Br)cccn2c1C(=O)NCc1ccc(N)cc1. The van der Waals surface area contributed by atoms with E-state index in [2.05, 4.69) is 26.2 Å². The van der Waals surface area contributed by atoms with Gasteiger partial charge in [0.15, 0.2) is 5.65 Å². The molecule has 118 valence electrons. The summed E-state index contributed by atoms with van der Waals surface area (Å²) >= 11 is 3.48. The lowest BCUT2D eigenvalue weighted by molar-refractivity contribution is 0.0944. The van der Waals surface area contributed by atoms with Crippen molar-refractivity contribution in [1.29, 1.82) is 0 Å². The van der Waals surface area contributed by atoms with Crippen LogP contribution in [0.2, 0.25) is 0 Å². The Morgan fingerprint density at radius 1 is 1.30 bits per heavy atom. The first-order valence-corrected chi connectivity index (χ1v) is 8.17. The third kappa shape index (κ3) is 3.07. The highest BCUT2D eigenvalue weighted by molar-refractivity contribution is 9.10. The van der Waals surface area contributed by atoms with E-state index in [4.69, 9.17) is 5.73 Å². The summed E-state index contributed by atoms with van der Waals surface area (Å²) in [6, 6.07) is 11.3. The van der Waals surface area contributed by atoms with E-state index in [1.54, 1.807) is 0 Å². The molecule has 0 atom stereocenters. The van der Waals surface area contributed by atoms with Crippen LogP contribution in [-0.4, -0.2) is 15.3 Å². The van der Waals surface area contributed by atoms with Crippen LogP contribution in [-0.2, 0) is 13.0 Å². The number of aromatic nitrogens is 2. The number of hydrogen-bond acceptors (Lipinski definition) is 3. The summed E-state index contributed by atoms with van der Waals surface area (Å²) in [6.07, 6.45) is 2.54. The van der Waals surface area contributed by atoms with E-state index in [0.717, 1.165) is 21.4 Å². The molecule has 23 heavy (non-hydrogen) atoms. The van der Waals surface area contributed by atoms with Gasteiger partial charge in [0.2, 0.25) is 0 Å². The second-order valence-electron chi connectivity index (χ2n) is 5.23. The van der Waals surface area contributed by atoms with Crippen molar-refractivity contribution in [2.45, 2.75) is 19.9 Å². The zero-order chi connectivity index (χ0) is 16.4. The van der Waals surface area contributed by atoms with Crippen LogP contribution in [0, 0.1) is 0 Å². The predicted octanol–water partition coefficient (Wildman–Crippen LogP) is 3.17. The molecule has 0 fully saturated rings. The highest BCUT2D eigenvalue weighted by atomic mass is 79.9. The smallest absolute Gasteiger partial charge is 0.270 e. The van der Waals surface area contributed by atoms with Crippen molar-refractivity contribution in [3.05, 3.63) is 64.0 Å². The maximum Gasteiger partial charge on any atom is 0.270 e. The largest absolute Gasteiger partial charge is 0.399 e. The number of pyridine rings is 1. The van der Waals surface area contributed by atoms with E-state index in [9.17, 15) is 4.79 Å². The number of nitrogens with one attached hydrogen (secondary N) is 1. The lowest BCUT2D eigenvalue weighted by Gasteiger charge is -2.07. The number of anilines is 1. The van der Waals surface area contributed by atoms with Gasteiger partial charge in [-0.1, -0.05) is 19.1 Å². The first-order valence-electron chi connectivity index (χ1n) is 7.38. The molecule has 0 radical (unpaired) electrons. The summed E-state index contributed by atoms with van der Waals surface area (Å²) < 4.78 is 2.69. The summed E-state index contributed by atoms with van der Waals surface area (Å²) in [7, 11) is 0. The van der Waals surface area contributed by atoms with Crippen molar-refractivity contribution in [1.82, 2.24) is 14.7 Å². The number of aryl methyl sites for hydroxylation is 1. The number of rotatable bonds is 4. The van der Waals surface area contributed by atoms with Crippen LogP contribution < -0.4 is 11.1 Å². The van der Waals surface area contributed by atoms with Gasteiger partial charge in [-0.2, -0.15) is 0 Å². The minimum atomic E-state index is -0.135. The van der Waals surface area contributed by atoms with Crippen molar-refractivity contribution in [2.24, 2.45) is 0 Å². The van der Waals surface area contributed by atoms with Gasteiger partial charge in [0, 0.05) is 18.4 Å². The Morgan fingerprint density at radius 3 is 2.74 bits per heavy atom. The molecule has 0 aliphatic carbocycles. The number of carbonyl (C=O) groups is 1. The molecule has 3 N–H and O–H groups in total. The van der Waals surface area contributed by atoms with Crippen LogP contribution in [0.3, 0.4) is 0 Å². The molecule has 6 heteroatoms. The summed E-state index contributed by atoms with van der Waals surface area (Å²) in [5.41, 5.74) is 9.50. The molecular weight excluding hydrogens is 356 g/mol. The van der Waals surface area contributed by atoms with Crippen molar-refractivity contribution < 1.29 is 4.79 Å². The first kappa shape index (κ1) is 15.6. The van der Waals surface area contributed by atoms with Gasteiger partial charge in [-0.25, -0.2) is 4.98 Å². The maximum absolute atomic E-state index is 12.6. The molecule has 3 rings (SSSR count). The normalized spacial score (nSPS) is 10.9. The Morgan fingerprint density at radius 2 is 2.04 bits per heavy atom. The topological polar surface area (TPSA) is 72.4 Å². The van der Waals surface area contributed by atoms with Gasteiger partial charge in [0.25, 0.3) is 5.91 Å². The van der Waals surface area contributed by atoms with Crippen molar-refractivity contribution in [3.8, 4) is 0 Å². The quantitative estimate of drug-likeness (QED) is 0.690. The van der Waals surface area contributed by atoms with Gasteiger partial charge in [0.1, 0.15) is 5.69 Å². The zero-order valence-corrected chi connectivity index (χ0v) is 14.3. The van der Waals surface area contributed by atoms with Crippen LogP contribution in [0.5, 0.6) is 0 Å². The molecule has 3 aromatic rings. The lowest BCUT2D eigenvalue weighted by Crippen LogP contribution is -2.25. The molecule has 1 aromatic carbocycles. The molecule has 0 saturated carbocycles. The molecule has 2 heterocycles. The fourth-order valence-corrected chi connectivity index (χ4v) is 2.90. The standard InChI is InChI=1S/C17H17BrN4O/c1-2-14-15(22-9-3-4-13(18)16(22)21-14)17(23)20-10-11-5-7-12(19)8-6-11/h3-9H,2,10,19H2,1H3,(H,20,23). The van der Waals surface area contributed by atoms with Gasteiger partial charge in [0.05, 0.1) is 10.2 Å². The fraction of sp³-hybridized carbons (Fsp3) is 0.176. The molecule has 0 unspecified atom stereocenters. The fourth-order valence-electron chi connectivity index (χ4n) is 2.47. The molecule has 0 spiro atoms. The molecule has 1 amide bonds. The van der Waals surface area contributed by atoms with Gasteiger partial charge < -0.3 is 11.1 Å². The Hall–Kier alpha value is -2.34. The van der Waals surface area contributed by atoms with Crippen molar-refractivity contribution >= 4 is 33.2 Å². The molecular formula is C17H17BrN4O. The number of nitrogens with zero attached hydrogens (tertiary/aromatic N) is 2. The third-order valence-corrected chi connectivity index (χ3v) is 4.28. The van der Waals surface area contributed by atoms with Crippen molar-refractivity contribution in [2.75, 3.05) is 5.73 Å². The number of fused-ring (bicyclic) bond motifs is 1. The van der Waals surface area contributed by atoms with E-state index in [1.165, 1.54) is 0 Å². The second kappa shape index (κ2) is 6.42. The second-order valence-corrected chi connectivity index (χ2v) is 6.09. The summed E-state index contributed by atoms with van der Waals surface area (Å²) in [4.78, 5) is 17.2. The van der Waals surface area contributed by atoms with Crippen LogP contribution in [0.4, 0.5) is 5.69 Å². The number of benzene rings is 1. The highest BCUT2D eigenvalue weighted by Gasteiger charge is 2.18. The van der Waals surface area contributed by atoms with E-state index in [0.29, 0.717) is 24.3 Å². The Labute approximate surface area is 142 Å². The van der Waals surface area contributed by atoms with E-state index >= 15 is 0 Å². The number of nitrogen functional groups attached to an aromatic ring is 1. The summed E-state index contributed by atoms with van der Waals surface area (Å²) in [6.45, 7) is 2.44. The minimum absolute atomic E-state index is 0.135. The van der Waals surface area contributed by atoms with E-state index in [1.807, 2.05) is 53.9 Å². The highest BCUT2D eigenvalue weighted by Crippen LogP contribution is 2.21. The molecule has 0 bridgehead atoms. The Balaban J connectivity index is 1.88. The van der Waals surface area contributed by atoms with Gasteiger partial charge in [-0.15, -0.1) is 0 Å². The molecule has 0 saturated heterocycles. The molecule has 0 aliphatic rings. The van der Waals surface area contributed by atoms with Gasteiger partial charge in [-0.05, 0) is 52.2 Å². The van der Waals surface area contributed by atoms with Gasteiger partial charge in [-0.3, -0.25) is 9.20 Å². The number of carbonyl (C=O) groups excluding carboxylic acids is 1. The van der Waals surface area contributed by atoms with Crippen LogP contribution in [0.1, 0.15) is 28.7 Å². The predicted molar refractivity (Wildman–Crippen MR) is 94.3 cm³/mol. The number of amides is 1. The summed E-state index contributed by atoms with van der Waals surface area (Å²) in [5.74, 6) is -0.135. The lowest BCUT2D eigenvalue weighted by atomic mass is 10.2. The number of imidazole rings is 1. The number of hydrogen-bond donors (Lipinski definition) is 2. The van der Waals surface area contributed by atoms with E-state index in [-0.39, 0.29) is 5.91 Å². The first-order chi connectivity index (χ1) is 11.1. The number of nitrogens with two attached hydrogens (primary N) is 1. The number of halogens is 1. The van der Waals surface area contributed by atoms with Crippen molar-refractivity contribution in [3.63, 3.8) is 0 Å². The Bertz CT molecular complexity index is 855. The summed E-state index contributed by atoms with van der Waals surface area (Å²) in [5, 5.41) is 2.95. The molecule has 5 nitrogen and oxygen atoms in total. The monoisotopic (exact) mass is 372 g/mol. The average molecular weight is 373 g/mol. The molecule has 0 aliphatic heterocycles. The third-order valence-electron chi connectivity index (χ3n) is 3.66.